The number of hydrogen-bond acceptors (Lipinski definition) is 2. The van der Waals surface area contributed by atoms with Crippen LogP contribution in [0.1, 0.15) is 141 Å². The zero-order valence-corrected chi connectivity index (χ0v) is 39.2. The zero-order chi connectivity index (χ0) is 43.2. The van der Waals surface area contributed by atoms with Crippen LogP contribution in [0.25, 0.3) is 11.1 Å². The SMILES string of the molecule is Cc1cc2c3c(c1)N(c1ccc(-c4ccccc4)cc1C)c1cc(C(C)(C)C)ccc1B3c1cc3c(cc1N2c1ccc2c(c1)C(C)(C)CCC2(C)C)C(C)(C)CCC3(C)C. The molecule has 0 saturated carbocycles. The van der Waals surface area contributed by atoms with E-state index < -0.39 is 0 Å². The highest BCUT2D eigenvalue weighted by Crippen LogP contribution is 2.53. The van der Waals surface area contributed by atoms with Crippen molar-refractivity contribution in [2.75, 3.05) is 9.80 Å². The lowest BCUT2D eigenvalue weighted by Crippen LogP contribution is -2.62. The number of nitrogens with zero attached hydrogens (tertiary/aromatic N) is 2. The molecule has 0 radical (unpaired) electrons. The lowest BCUT2D eigenvalue weighted by Gasteiger charge is -2.48. The minimum atomic E-state index is -0.00427. The number of anilines is 6. The predicted octanol–water partition coefficient (Wildman–Crippen LogP) is 14.0. The lowest BCUT2D eigenvalue weighted by atomic mass is 9.33. The molecule has 0 bridgehead atoms. The highest BCUT2D eigenvalue weighted by Gasteiger charge is 2.47. The Morgan fingerprint density at radius 1 is 0.459 bits per heavy atom. The van der Waals surface area contributed by atoms with Crippen LogP contribution in [0.4, 0.5) is 34.1 Å². The first-order valence-electron chi connectivity index (χ1n) is 23.1. The maximum absolute atomic E-state index is 2.69. The molecule has 6 aromatic carbocycles. The van der Waals surface area contributed by atoms with Gasteiger partial charge in [0.2, 0.25) is 0 Å². The molecule has 0 atom stereocenters. The Hall–Kier alpha value is -5.02. The Kier molecular flexibility index (Phi) is 8.70. The Morgan fingerprint density at radius 3 is 1.66 bits per heavy atom. The van der Waals surface area contributed by atoms with Crippen molar-refractivity contribution in [2.45, 2.75) is 143 Å². The lowest BCUT2D eigenvalue weighted by molar-refractivity contribution is 0.332. The molecule has 0 spiro atoms. The second-order valence-electron chi connectivity index (χ2n) is 22.9. The van der Waals surface area contributed by atoms with Crippen molar-refractivity contribution < 1.29 is 0 Å². The van der Waals surface area contributed by atoms with Crippen LogP contribution in [-0.2, 0) is 27.1 Å². The van der Waals surface area contributed by atoms with Crippen LogP contribution in [-0.4, -0.2) is 6.71 Å². The molecule has 2 heterocycles. The molecule has 0 aromatic heterocycles. The van der Waals surface area contributed by atoms with E-state index in [1.165, 1.54) is 126 Å². The molecule has 2 aliphatic heterocycles. The highest BCUT2D eigenvalue weighted by molar-refractivity contribution is 7.00. The van der Waals surface area contributed by atoms with Crippen LogP contribution in [0.15, 0.2) is 109 Å². The summed E-state index contributed by atoms with van der Waals surface area (Å²) in [7, 11) is 0. The molecule has 0 amide bonds. The van der Waals surface area contributed by atoms with E-state index in [0.29, 0.717) is 0 Å². The third kappa shape index (κ3) is 6.18. The summed E-state index contributed by atoms with van der Waals surface area (Å²) < 4.78 is 0. The summed E-state index contributed by atoms with van der Waals surface area (Å²) in [6, 6.07) is 43.2. The number of benzene rings is 6. The minimum Gasteiger partial charge on any atom is -0.311 e. The number of rotatable bonds is 3. The summed E-state index contributed by atoms with van der Waals surface area (Å²) in [4.78, 5) is 5.32. The van der Waals surface area contributed by atoms with Crippen molar-refractivity contribution in [3.8, 4) is 11.1 Å². The van der Waals surface area contributed by atoms with Crippen molar-refractivity contribution in [3.63, 3.8) is 0 Å². The summed E-state index contributed by atoms with van der Waals surface area (Å²) in [5.41, 5.74) is 24.8. The Bertz CT molecular complexity index is 2780. The van der Waals surface area contributed by atoms with Crippen molar-refractivity contribution in [1.29, 1.82) is 0 Å². The molecular weight excluding hydrogens is 735 g/mol. The number of hydrogen-bond donors (Lipinski definition) is 0. The van der Waals surface area contributed by atoms with E-state index in [-0.39, 0.29) is 33.8 Å². The van der Waals surface area contributed by atoms with Gasteiger partial charge in [-0.3, -0.25) is 0 Å². The fraction of sp³-hybridized carbons (Fsp3) is 0.379. The van der Waals surface area contributed by atoms with Gasteiger partial charge in [0, 0.05) is 34.1 Å². The highest BCUT2D eigenvalue weighted by atomic mass is 15.2. The monoisotopic (exact) mass is 801 g/mol. The van der Waals surface area contributed by atoms with Gasteiger partial charge in [0.1, 0.15) is 0 Å². The van der Waals surface area contributed by atoms with E-state index in [0.717, 1.165) is 0 Å². The number of aryl methyl sites for hydroxylation is 2. The maximum atomic E-state index is 2.69. The topological polar surface area (TPSA) is 6.48 Å². The van der Waals surface area contributed by atoms with Crippen LogP contribution in [0.3, 0.4) is 0 Å². The van der Waals surface area contributed by atoms with Gasteiger partial charge in [-0.15, -0.1) is 0 Å². The van der Waals surface area contributed by atoms with Crippen molar-refractivity contribution in [2.24, 2.45) is 0 Å². The third-order valence-electron chi connectivity index (χ3n) is 15.7. The summed E-state index contributed by atoms with van der Waals surface area (Å²) in [5, 5.41) is 0. The normalized spacial score (nSPS) is 18.7. The largest absolute Gasteiger partial charge is 0.311 e. The average Bonchev–Trinajstić information content (AvgIpc) is 3.20. The van der Waals surface area contributed by atoms with Crippen LogP contribution in [0.2, 0.25) is 0 Å². The Morgan fingerprint density at radius 2 is 1.03 bits per heavy atom. The van der Waals surface area contributed by atoms with Crippen molar-refractivity contribution in [1.82, 2.24) is 0 Å². The first-order chi connectivity index (χ1) is 28.7. The van der Waals surface area contributed by atoms with Gasteiger partial charge in [-0.1, -0.05) is 137 Å². The number of fused-ring (bicyclic) bond motifs is 6. The molecule has 2 aliphatic carbocycles. The quantitative estimate of drug-likeness (QED) is 0.164. The molecule has 10 rings (SSSR count). The average molecular weight is 801 g/mol. The van der Waals surface area contributed by atoms with Gasteiger partial charge in [-0.2, -0.15) is 0 Å². The van der Waals surface area contributed by atoms with E-state index in [1.807, 2.05) is 0 Å². The summed E-state index contributed by atoms with van der Waals surface area (Å²) in [6.45, 7) is 31.5. The summed E-state index contributed by atoms with van der Waals surface area (Å²) in [5.74, 6) is 0. The van der Waals surface area contributed by atoms with E-state index in [2.05, 4.69) is 209 Å². The van der Waals surface area contributed by atoms with Gasteiger partial charge in [0.05, 0.1) is 0 Å². The molecule has 6 aromatic rings. The fourth-order valence-corrected chi connectivity index (χ4v) is 11.6. The fourth-order valence-electron chi connectivity index (χ4n) is 11.6. The molecule has 3 heteroatoms. The van der Waals surface area contributed by atoms with E-state index >= 15 is 0 Å². The molecule has 61 heavy (non-hydrogen) atoms. The molecule has 0 fully saturated rings. The second kappa shape index (κ2) is 13.2. The van der Waals surface area contributed by atoms with E-state index in [4.69, 9.17) is 0 Å². The maximum Gasteiger partial charge on any atom is 0.252 e. The van der Waals surface area contributed by atoms with Crippen molar-refractivity contribution >= 4 is 57.2 Å². The third-order valence-corrected chi connectivity index (χ3v) is 15.7. The molecule has 0 saturated heterocycles. The molecule has 0 unspecified atom stereocenters. The Labute approximate surface area is 367 Å². The van der Waals surface area contributed by atoms with Crippen LogP contribution in [0.5, 0.6) is 0 Å². The second-order valence-corrected chi connectivity index (χ2v) is 22.9. The van der Waals surface area contributed by atoms with Gasteiger partial charge in [-0.05, 0) is 182 Å². The first-order valence-corrected chi connectivity index (χ1v) is 23.1. The molecular formula is C58H65BN2. The van der Waals surface area contributed by atoms with Gasteiger partial charge >= 0.3 is 0 Å². The molecule has 2 nitrogen and oxygen atoms in total. The van der Waals surface area contributed by atoms with Crippen LogP contribution < -0.4 is 26.2 Å². The van der Waals surface area contributed by atoms with E-state index in [1.54, 1.807) is 0 Å². The van der Waals surface area contributed by atoms with Gasteiger partial charge in [0.15, 0.2) is 0 Å². The smallest absolute Gasteiger partial charge is 0.252 e. The van der Waals surface area contributed by atoms with Gasteiger partial charge < -0.3 is 9.80 Å². The standard InChI is InChI=1S/C58H65BN2/c1-36-29-51-53-52(30-36)61(48-24-19-39(31-37(48)2)38-17-15-14-16-18-38)49-32-40(54(3,4)5)20-23-46(49)59(53)47-34-44-45(58(12,13)28-27-57(44,10)11)35-50(47)60(51)41-21-22-42-43(33-41)56(8,9)26-25-55(42,6)7/h14-24,29-35H,25-28H2,1-13H3. The van der Waals surface area contributed by atoms with Crippen LogP contribution in [0, 0.1) is 13.8 Å². The predicted molar refractivity (Wildman–Crippen MR) is 265 cm³/mol. The van der Waals surface area contributed by atoms with Crippen molar-refractivity contribution in [3.05, 3.63) is 148 Å². The zero-order valence-electron chi connectivity index (χ0n) is 39.2. The van der Waals surface area contributed by atoms with E-state index in [9.17, 15) is 0 Å². The minimum absolute atomic E-state index is 0.00427. The van der Waals surface area contributed by atoms with Gasteiger partial charge in [-0.25, -0.2) is 0 Å². The summed E-state index contributed by atoms with van der Waals surface area (Å²) >= 11 is 0. The molecule has 0 N–H and O–H groups in total. The first kappa shape index (κ1) is 40.1. The molecule has 4 aliphatic rings. The summed E-state index contributed by atoms with van der Waals surface area (Å²) in [6.07, 6.45) is 4.78. The van der Waals surface area contributed by atoms with Crippen LogP contribution >= 0.6 is 0 Å². The van der Waals surface area contributed by atoms with Gasteiger partial charge in [0.25, 0.3) is 6.71 Å². The Balaban J connectivity index is 1.30. The molecule has 310 valence electrons.